The van der Waals surface area contributed by atoms with E-state index in [9.17, 15) is 9.90 Å². The molecule has 9 heteroatoms. The maximum atomic E-state index is 13.6. The van der Waals surface area contributed by atoms with Gasteiger partial charge in [0.15, 0.2) is 17.3 Å². The minimum absolute atomic E-state index is 0.102. The SMILES string of the molecule is COc1cc2c(cc1OC)C(c1ccnc(-n3nc(-c4cccnc4)c4ccccc4c3=O)c1)=N[C@H](CO)C2. The number of ether oxygens (including phenoxy) is 2. The van der Waals surface area contributed by atoms with E-state index in [2.05, 4.69) is 9.97 Å². The van der Waals surface area contributed by atoms with E-state index in [1.807, 2.05) is 48.5 Å². The lowest BCUT2D eigenvalue weighted by Gasteiger charge is -2.24. The normalized spacial score (nSPS) is 14.5. The zero-order valence-electron chi connectivity index (χ0n) is 21.4. The highest BCUT2D eigenvalue weighted by Gasteiger charge is 2.25. The second kappa shape index (κ2) is 10.1. The van der Waals surface area contributed by atoms with Crippen molar-refractivity contribution in [3.63, 3.8) is 0 Å². The third-order valence-corrected chi connectivity index (χ3v) is 6.82. The van der Waals surface area contributed by atoms with Gasteiger partial charge in [0, 0.05) is 40.7 Å². The van der Waals surface area contributed by atoms with E-state index in [1.165, 1.54) is 4.68 Å². The number of hydrogen-bond donors (Lipinski definition) is 1. The van der Waals surface area contributed by atoms with Crippen LogP contribution in [0.3, 0.4) is 0 Å². The lowest BCUT2D eigenvalue weighted by atomic mass is 9.90. The molecule has 0 aliphatic carbocycles. The first-order valence-corrected chi connectivity index (χ1v) is 12.4. The molecule has 3 aromatic heterocycles. The van der Waals surface area contributed by atoms with E-state index >= 15 is 0 Å². The van der Waals surface area contributed by atoms with E-state index < -0.39 is 0 Å². The molecular formula is C30H25N5O4. The second-order valence-corrected chi connectivity index (χ2v) is 9.14. The van der Waals surface area contributed by atoms with Crippen LogP contribution >= 0.6 is 0 Å². The summed E-state index contributed by atoms with van der Waals surface area (Å²) < 4.78 is 12.4. The molecule has 0 bridgehead atoms. The van der Waals surface area contributed by atoms with Gasteiger partial charge in [-0.2, -0.15) is 9.78 Å². The average molecular weight is 520 g/mol. The molecule has 0 fully saturated rings. The number of methoxy groups -OCH3 is 2. The van der Waals surface area contributed by atoms with Gasteiger partial charge in [-0.3, -0.25) is 14.8 Å². The van der Waals surface area contributed by atoms with Gasteiger partial charge >= 0.3 is 0 Å². The molecule has 1 atom stereocenters. The third kappa shape index (κ3) is 4.32. The number of hydrogen-bond acceptors (Lipinski definition) is 8. The van der Waals surface area contributed by atoms with Crippen LogP contribution in [-0.4, -0.2) is 57.4 Å². The summed E-state index contributed by atoms with van der Waals surface area (Å²) in [6.45, 7) is -0.102. The number of nitrogens with zero attached hydrogens (tertiary/aromatic N) is 5. The summed E-state index contributed by atoms with van der Waals surface area (Å²) in [5, 5.41) is 16.0. The Bertz CT molecular complexity index is 1780. The predicted octanol–water partition coefficient (Wildman–Crippen LogP) is 3.61. The Labute approximate surface area is 224 Å². The molecule has 0 saturated carbocycles. The van der Waals surface area contributed by atoms with Gasteiger partial charge in [0.1, 0.15) is 5.69 Å². The molecule has 1 aliphatic rings. The van der Waals surface area contributed by atoms with Crippen molar-refractivity contribution >= 4 is 16.5 Å². The zero-order chi connectivity index (χ0) is 26.9. The number of pyridine rings is 2. The Morgan fingerprint density at radius 1 is 0.949 bits per heavy atom. The topological polar surface area (TPSA) is 112 Å². The highest BCUT2D eigenvalue weighted by atomic mass is 16.5. The number of aliphatic imine (C=N–C) groups is 1. The third-order valence-electron chi connectivity index (χ3n) is 6.82. The van der Waals surface area contributed by atoms with Crippen LogP contribution in [0.2, 0.25) is 0 Å². The van der Waals surface area contributed by atoms with Crippen LogP contribution in [0.15, 0.2) is 89.0 Å². The lowest BCUT2D eigenvalue weighted by Crippen LogP contribution is -2.26. The smallest absolute Gasteiger partial charge is 0.280 e. The van der Waals surface area contributed by atoms with Gasteiger partial charge in [-0.25, -0.2) is 4.98 Å². The second-order valence-electron chi connectivity index (χ2n) is 9.14. The largest absolute Gasteiger partial charge is 0.493 e. The molecule has 39 heavy (non-hydrogen) atoms. The van der Waals surface area contributed by atoms with Crippen molar-refractivity contribution < 1.29 is 14.6 Å². The van der Waals surface area contributed by atoms with Crippen molar-refractivity contribution in [1.82, 2.24) is 19.7 Å². The number of benzene rings is 2. The van der Waals surface area contributed by atoms with Crippen molar-refractivity contribution in [3.05, 3.63) is 106 Å². The van der Waals surface area contributed by atoms with Crippen LogP contribution < -0.4 is 15.0 Å². The molecule has 2 aromatic carbocycles. The molecule has 5 aromatic rings. The van der Waals surface area contributed by atoms with Crippen molar-refractivity contribution in [2.75, 3.05) is 20.8 Å². The molecule has 0 unspecified atom stereocenters. The summed E-state index contributed by atoms with van der Waals surface area (Å²) in [6.07, 6.45) is 5.61. The molecule has 6 rings (SSSR count). The summed E-state index contributed by atoms with van der Waals surface area (Å²) >= 11 is 0. The summed E-state index contributed by atoms with van der Waals surface area (Å²) in [4.78, 5) is 27.2. The van der Waals surface area contributed by atoms with Crippen molar-refractivity contribution in [3.8, 4) is 28.6 Å². The summed E-state index contributed by atoms with van der Waals surface area (Å²) in [5.41, 5.74) is 4.38. The van der Waals surface area contributed by atoms with E-state index in [0.29, 0.717) is 40.5 Å². The van der Waals surface area contributed by atoms with Gasteiger partial charge < -0.3 is 14.6 Å². The Morgan fingerprint density at radius 3 is 2.49 bits per heavy atom. The fraction of sp³-hybridized carbons (Fsp3) is 0.167. The molecule has 0 spiro atoms. The van der Waals surface area contributed by atoms with Gasteiger partial charge in [-0.05, 0) is 54.4 Å². The first-order valence-electron chi connectivity index (χ1n) is 12.4. The monoisotopic (exact) mass is 519 g/mol. The maximum absolute atomic E-state index is 13.6. The lowest BCUT2D eigenvalue weighted by molar-refractivity contribution is 0.265. The highest BCUT2D eigenvalue weighted by molar-refractivity contribution is 6.15. The number of aliphatic hydroxyl groups excluding tert-OH is 1. The molecular weight excluding hydrogens is 494 g/mol. The Kier molecular flexibility index (Phi) is 6.34. The Balaban J connectivity index is 1.53. The molecule has 1 N–H and O–H groups in total. The van der Waals surface area contributed by atoms with Gasteiger partial charge in [0.2, 0.25) is 0 Å². The van der Waals surface area contributed by atoms with Crippen LogP contribution in [0.4, 0.5) is 0 Å². The Hall–Kier alpha value is -4.89. The van der Waals surface area contributed by atoms with Crippen LogP contribution in [-0.2, 0) is 6.42 Å². The number of aromatic nitrogens is 4. The van der Waals surface area contributed by atoms with E-state index in [4.69, 9.17) is 19.6 Å². The van der Waals surface area contributed by atoms with Crippen LogP contribution in [0.5, 0.6) is 11.5 Å². The van der Waals surface area contributed by atoms with Gasteiger partial charge in [-0.1, -0.05) is 18.2 Å². The molecule has 0 saturated heterocycles. The number of fused-ring (bicyclic) bond motifs is 2. The fourth-order valence-corrected chi connectivity index (χ4v) is 4.94. The fourth-order valence-electron chi connectivity index (χ4n) is 4.94. The molecule has 4 heterocycles. The van der Waals surface area contributed by atoms with Crippen LogP contribution in [0, 0.1) is 0 Å². The molecule has 0 radical (unpaired) electrons. The van der Waals surface area contributed by atoms with Crippen molar-refractivity contribution in [2.45, 2.75) is 12.5 Å². The number of rotatable bonds is 6. The molecule has 194 valence electrons. The van der Waals surface area contributed by atoms with Gasteiger partial charge in [-0.15, -0.1) is 0 Å². The number of aliphatic hydroxyl groups is 1. The summed E-state index contributed by atoms with van der Waals surface area (Å²) in [6, 6.07) is 18.2. The highest BCUT2D eigenvalue weighted by Crippen LogP contribution is 2.35. The molecule has 0 amide bonds. The Morgan fingerprint density at radius 2 is 1.74 bits per heavy atom. The molecule has 9 nitrogen and oxygen atoms in total. The van der Waals surface area contributed by atoms with Crippen LogP contribution in [0.1, 0.15) is 16.7 Å². The summed E-state index contributed by atoms with van der Waals surface area (Å²) in [7, 11) is 3.18. The van der Waals surface area contributed by atoms with E-state index in [1.54, 1.807) is 44.9 Å². The first kappa shape index (κ1) is 24.4. The van der Waals surface area contributed by atoms with E-state index in [0.717, 1.165) is 27.6 Å². The van der Waals surface area contributed by atoms with E-state index in [-0.39, 0.29) is 18.2 Å². The average Bonchev–Trinajstić information content (AvgIpc) is 3.00. The minimum atomic E-state index is -0.319. The minimum Gasteiger partial charge on any atom is -0.493 e. The summed E-state index contributed by atoms with van der Waals surface area (Å²) in [5.74, 6) is 1.54. The standard InChI is InChI=1S/C30H25N5O4/c1-38-25-13-20-12-21(17-36)33-28(24(20)15-26(25)39-2)18-9-11-32-27(14-18)35-30(37)23-8-4-3-7-22(23)29(34-35)19-6-5-10-31-16-19/h3-11,13-16,21,36H,12,17H2,1-2H3/t21-/m0/s1. The first-order chi connectivity index (χ1) is 19.1. The van der Waals surface area contributed by atoms with Gasteiger partial charge in [0.05, 0.1) is 38.0 Å². The van der Waals surface area contributed by atoms with Crippen molar-refractivity contribution in [1.29, 1.82) is 0 Å². The quantitative estimate of drug-likeness (QED) is 0.365. The predicted molar refractivity (Wildman–Crippen MR) is 148 cm³/mol. The maximum Gasteiger partial charge on any atom is 0.280 e. The van der Waals surface area contributed by atoms with Crippen LogP contribution in [0.25, 0.3) is 27.8 Å². The molecule has 1 aliphatic heterocycles. The zero-order valence-corrected chi connectivity index (χ0v) is 21.4. The van der Waals surface area contributed by atoms with Gasteiger partial charge in [0.25, 0.3) is 5.56 Å². The van der Waals surface area contributed by atoms with Crippen molar-refractivity contribution in [2.24, 2.45) is 4.99 Å².